The number of hydrogen-bond donors (Lipinski definition) is 0. The van der Waals surface area contributed by atoms with E-state index in [0.717, 1.165) is 26.1 Å². The normalized spacial score (nSPS) is 10.6. The number of carbonyl (C=O) groups excluding carboxylic acids is 1. The van der Waals surface area contributed by atoms with Crippen LogP contribution in [0.15, 0.2) is 29.8 Å². The van der Waals surface area contributed by atoms with E-state index in [9.17, 15) is 4.79 Å². The quantitative estimate of drug-likeness (QED) is 0.550. The summed E-state index contributed by atoms with van der Waals surface area (Å²) in [6.07, 6.45) is 1.68. The van der Waals surface area contributed by atoms with Crippen LogP contribution in [-0.4, -0.2) is 5.78 Å². The van der Waals surface area contributed by atoms with Crippen molar-refractivity contribution in [3.63, 3.8) is 0 Å². The lowest BCUT2D eigenvalue weighted by atomic mass is 10.1. The van der Waals surface area contributed by atoms with Gasteiger partial charge in [0, 0.05) is 9.72 Å². The van der Waals surface area contributed by atoms with E-state index in [1.54, 1.807) is 6.08 Å². The minimum Gasteiger partial charge on any atom is -0.288 e. The summed E-state index contributed by atoms with van der Waals surface area (Å²) < 4.78 is 1.11. The van der Waals surface area contributed by atoms with E-state index in [1.165, 1.54) is 11.3 Å². The Labute approximate surface area is 110 Å². The first-order valence-electron chi connectivity index (χ1n) is 5.37. The second-order valence-electron chi connectivity index (χ2n) is 4.28. The van der Waals surface area contributed by atoms with Crippen LogP contribution in [0.25, 0.3) is 10.1 Å². The van der Waals surface area contributed by atoms with Gasteiger partial charge in [0.1, 0.15) is 0 Å². The summed E-state index contributed by atoms with van der Waals surface area (Å²) in [6.45, 7) is 5.83. The Kier molecular flexibility index (Phi) is 3.36. The van der Waals surface area contributed by atoms with E-state index in [1.807, 2.05) is 39.0 Å². The highest BCUT2D eigenvalue weighted by atomic mass is 35.5. The summed E-state index contributed by atoms with van der Waals surface area (Å²) in [5.41, 5.74) is 2.04. The van der Waals surface area contributed by atoms with Crippen molar-refractivity contribution in [1.29, 1.82) is 0 Å². The predicted octanol–water partition coefficient (Wildman–Crippen LogP) is 5.01. The molecule has 0 unspecified atom stereocenters. The number of thiophene rings is 1. The van der Waals surface area contributed by atoms with E-state index in [4.69, 9.17) is 11.6 Å². The van der Waals surface area contributed by atoms with Crippen molar-refractivity contribution in [2.24, 2.45) is 0 Å². The van der Waals surface area contributed by atoms with E-state index in [2.05, 4.69) is 0 Å². The lowest BCUT2D eigenvalue weighted by Gasteiger charge is -1.95. The van der Waals surface area contributed by atoms with Crippen LogP contribution in [0, 0.1) is 6.92 Å². The molecule has 88 valence electrons. The van der Waals surface area contributed by atoms with Crippen molar-refractivity contribution in [3.05, 3.63) is 45.3 Å². The molecule has 1 heterocycles. The fourth-order valence-electron chi connectivity index (χ4n) is 1.76. The van der Waals surface area contributed by atoms with Crippen LogP contribution in [0.1, 0.15) is 29.1 Å². The Morgan fingerprint density at radius 1 is 1.35 bits per heavy atom. The fraction of sp³-hybridized carbons (Fsp3) is 0.214. The number of halogens is 1. The maximum atomic E-state index is 12.0. The Bertz CT molecular complexity index is 618. The molecule has 0 atom stereocenters. The molecule has 17 heavy (non-hydrogen) atoms. The smallest absolute Gasteiger partial charge is 0.196 e. The molecule has 1 aromatic heterocycles. The van der Waals surface area contributed by atoms with Gasteiger partial charge in [-0.25, -0.2) is 0 Å². The molecule has 0 saturated carbocycles. The number of allylic oxidation sites excluding steroid dienone is 2. The van der Waals surface area contributed by atoms with Crippen molar-refractivity contribution < 1.29 is 4.79 Å². The molecule has 0 saturated heterocycles. The molecule has 0 amide bonds. The largest absolute Gasteiger partial charge is 0.288 e. The van der Waals surface area contributed by atoms with Gasteiger partial charge in [0.05, 0.1) is 4.88 Å². The minimum absolute atomic E-state index is 0.0832. The summed E-state index contributed by atoms with van der Waals surface area (Å²) in [7, 11) is 0. The number of rotatable bonds is 2. The van der Waals surface area contributed by atoms with Gasteiger partial charge in [0.15, 0.2) is 5.78 Å². The second kappa shape index (κ2) is 4.63. The summed E-state index contributed by atoms with van der Waals surface area (Å²) in [5.74, 6) is 0.0832. The lowest BCUT2D eigenvalue weighted by Crippen LogP contribution is -1.93. The molecule has 2 aromatic rings. The Balaban J connectivity index is 2.60. The monoisotopic (exact) mass is 264 g/mol. The van der Waals surface area contributed by atoms with Gasteiger partial charge in [-0.3, -0.25) is 4.79 Å². The molecule has 1 aromatic carbocycles. The minimum atomic E-state index is 0.0832. The number of aryl methyl sites for hydroxylation is 1. The van der Waals surface area contributed by atoms with Gasteiger partial charge in [-0.15, -0.1) is 11.3 Å². The summed E-state index contributed by atoms with van der Waals surface area (Å²) in [6, 6.07) is 5.74. The molecule has 0 radical (unpaired) electrons. The molecular weight excluding hydrogens is 252 g/mol. The van der Waals surface area contributed by atoms with E-state index in [0.29, 0.717) is 5.02 Å². The first-order chi connectivity index (χ1) is 7.99. The van der Waals surface area contributed by atoms with Crippen LogP contribution in [0.4, 0.5) is 0 Å². The van der Waals surface area contributed by atoms with E-state index < -0.39 is 0 Å². The van der Waals surface area contributed by atoms with Gasteiger partial charge < -0.3 is 0 Å². The maximum absolute atomic E-state index is 12.0. The summed E-state index contributed by atoms with van der Waals surface area (Å²) in [5, 5.41) is 1.78. The van der Waals surface area contributed by atoms with Crippen molar-refractivity contribution in [2.75, 3.05) is 0 Å². The molecule has 0 aliphatic heterocycles. The van der Waals surface area contributed by atoms with Gasteiger partial charge >= 0.3 is 0 Å². The average molecular weight is 265 g/mol. The van der Waals surface area contributed by atoms with Crippen molar-refractivity contribution in [2.45, 2.75) is 20.8 Å². The van der Waals surface area contributed by atoms with Gasteiger partial charge in [-0.1, -0.05) is 17.2 Å². The molecular formula is C14H13ClOS. The number of hydrogen-bond acceptors (Lipinski definition) is 2. The maximum Gasteiger partial charge on any atom is 0.196 e. The van der Waals surface area contributed by atoms with Crippen LogP contribution in [0.3, 0.4) is 0 Å². The van der Waals surface area contributed by atoms with Crippen LogP contribution < -0.4 is 0 Å². The summed E-state index contributed by atoms with van der Waals surface area (Å²) in [4.78, 5) is 12.8. The Hall–Kier alpha value is -1.12. The highest BCUT2D eigenvalue weighted by Gasteiger charge is 2.13. The van der Waals surface area contributed by atoms with Crippen LogP contribution in [0.5, 0.6) is 0 Å². The molecule has 0 N–H and O–H groups in total. The molecule has 2 rings (SSSR count). The van der Waals surface area contributed by atoms with Crippen LogP contribution in [0.2, 0.25) is 5.02 Å². The number of fused-ring (bicyclic) bond motifs is 1. The zero-order valence-electron chi connectivity index (χ0n) is 10.0. The molecule has 3 heteroatoms. The fourth-order valence-corrected chi connectivity index (χ4v) is 3.03. The lowest BCUT2D eigenvalue weighted by molar-refractivity contribution is 0.104. The molecule has 1 nitrogen and oxygen atoms in total. The highest BCUT2D eigenvalue weighted by molar-refractivity contribution is 7.21. The molecule has 0 spiro atoms. The molecule has 0 aliphatic rings. The SMILES string of the molecule is CC(C)=CC(=O)c1sc2ccc(Cl)cc2c1C. The first kappa shape index (κ1) is 12.3. The first-order valence-corrected chi connectivity index (χ1v) is 6.56. The third-order valence-electron chi connectivity index (χ3n) is 2.54. The second-order valence-corrected chi connectivity index (χ2v) is 5.77. The van der Waals surface area contributed by atoms with Crippen molar-refractivity contribution in [1.82, 2.24) is 0 Å². The number of carbonyl (C=O) groups is 1. The zero-order valence-corrected chi connectivity index (χ0v) is 11.6. The third-order valence-corrected chi connectivity index (χ3v) is 4.06. The topological polar surface area (TPSA) is 17.1 Å². The third kappa shape index (κ3) is 2.43. The molecule has 0 fully saturated rings. The van der Waals surface area contributed by atoms with Gasteiger partial charge in [0.25, 0.3) is 0 Å². The van der Waals surface area contributed by atoms with E-state index >= 15 is 0 Å². The average Bonchev–Trinajstić information content (AvgIpc) is 2.55. The predicted molar refractivity (Wildman–Crippen MR) is 75.3 cm³/mol. The highest BCUT2D eigenvalue weighted by Crippen LogP contribution is 2.33. The van der Waals surface area contributed by atoms with Gasteiger partial charge in [-0.05, 0) is 56.0 Å². The van der Waals surface area contributed by atoms with Crippen LogP contribution >= 0.6 is 22.9 Å². The van der Waals surface area contributed by atoms with Gasteiger partial charge in [-0.2, -0.15) is 0 Å². The number of benzene rings is 1. The zero-order chi connectivity index (χ0) is 12.6. The summed E-state index contributed by atoms with van der Waals surface area (Å²) >= 11 is 7.50. The Morgan fingerprint density at radius 2 is 2.06 bits per heavy atom. The molecule has 0 bridgehead atoms. The Morgan fingerprint density at radius 3 is 2.71 bits per heavy atom. The van der Waals surface area contributed by atoms with Crippen molar-refractivity contribution in [3.8, 4) is 0 Å². The molecule has 0 aliphatic carbocycles. The number of ketones is 1. The van der Waals surface area contributed by atoms with Gasteiger partial charge in [0.2, 0.25) is 0 Å². The standard InChI is InChI=1S/C14H13ClOS/c1-8(2)6-12(16)14-9(3)11-7-10(15)4-5-13(11)17-14/h4-7H,1-3H3. The van der Waals surface area contributed by atoms with E-state index in [-0.39, 0.29) is 5.78 Å². The van der Waals surface area contributed by atoms with Crippen LogP contribution in [-0.2, 0) is 0 Å². The van der Waals surface area contributed by atoms with Crippen molar-refractivity contribution >= 4 is 38.8 Å².